The van der Waals surface area contributed by atoms with Gasteiger partial charge in [0.15, 0.2) is 5.58 Å². The second-order valence-electron chi connectivity index (χ2n) is 6.97. The molecule has 0 bridgehead atoms. The minimum absolute atomic E-state index is 0.126. The fraction of sp³-hybridized carbons (Fsp3) is 0.556. The van der Waals surface area contributed by atoms with E-state index < -0.39 is 0 Å². The van der Waals surface area contributed by atoms with Crippen molar-refractivity contribution in [1.82, 2.24) is 14.4 Å². The predicted molar refractivity (Wildman–Crippen MR) is 95.6 cm³/mol. The lowest BCUT2D eigenvalue weighted by Gasteiger charge is -2.33. The van der Waals surface area contributed by atoms with Crippen LogP contribution in [-0.4, -0.2) is 46.5 Å². The molecule has 4 rings (SSSR count). The lowest BCUT2D eigenvalue weighted by atomic mass is 9.95. The summed E-state index contributed by atoms with van der Waals surface area (Å²) in [6.45, 7) is 3.91. The van der Waals surface area contributed by atoms with Gasteiger partial charge in [-0.25, -0.2) is 4.79 Å². The molecule has 0 spiro atoms. The van der Waals surface area contributed by atoms with Crippen molar-refractivity contribution in [3.8, 4) is 0 Å². The molecule has 25 heavy (non-hydrogen) atoms. The van der Waals surface area contributed by atoms with E-state index in [9.17, 15) is 9.59 Å². The average Bonchev–Trinajstić information content (AvgIpc) is 3.24. The zero-order chi connectivity index (χ0) is 17.4. The molecule has 3 heterocycles. The molecule has 0 N–H and O–H groups in total. The number of hydrogen-bond donors (Lipinski definition) is 0. The molecule has 2 fully saturated rings. The summed E-state index contributed by atoms with van der Waals surface area (Å²) in [4.78, 5) is 28.9. The van der Waals surface area contributed by atoms with Crippen molar-refractivity contribution in [3.63, 3.8) is 0 Å². The molecule has 7 heteroatoms. The van der Waals surface area contributed by atoms with Gasteiger partial charge in [0.25, 0.3) is 0 Å². The minimum atomic E-state index is -0.368. The summed E-state index contributed by atoms with van der Waals surface area (Å²) in [5, 5.41) is 0.581. The number of carbonyl (C=O) groups excluding carboxylic acids is 1. The number of oxazole rings is 1. The largest absolute Gasteiger partial charge is 0.421 e. The summed E-state index contributed by atoms with van der Waals surface area (Å²) < 4.78 is 6.90. The van der Waals surface area contributed by atoms with Crippen molar-refractivity contribution < 1.29 is 9.21 Å². The number of carbonyl (C=O) groups is 1. The van der Waals surface area contributed by atoms with Crippen molar-refractivity contribution in [2.75, 3.05) is 26.2 Å². The van der Waals surface area contributed by atoms with Crippen LogP contribution in [-0.2, 0) is 11.5 Å². The minimum Gasteiger partial charge on any atom is -0.408 e. The molecule has 0 atom stereocenters. The van der Waals surface area contributed by atoms with Crippen LogP contribution in [0, 0.1) is 5.92 Å². The Bertz CT molecular complexity index is 830. The van der Waals surface area contributed by atoms with E-state index in [1.807, 2.05) is 4.90 Å². The van der Waals surface area contributed by atoms with Crippen molar-refractivity contribution in [2.45, 2.75) is 32.4 Å². The van der Waals surface area contributed by atoms with Gasteiger partial charge in [0.1, 0.15) is 0 Å². The van der Waals surface area contributed by atoms with E-state index in [4.69, 9.17) is 16.0 Å². The van der Waals surface area contributed by atoms with Crippen molar-refractivity contribution in [3.05, 3.63) is 33.8 Å². The zero-order valence-corrected chi connectivity index (χ0v) is 14.9. The highest BCUT2D eigenvalue weighted by Gasteiger charge is 2.30. The first kappa shape index (κ1) is 16.7. The number of nitrogens with zero attached hydrogens (tertiary/aromatic N) is 3. The van der Waals surface area contributed by atoms with Crippen LogP contribution in [0.2, 0.25) is 5.02 Å². The summed E-state index contributed by atoms with van der Waals surface area (Å²) in [5.41, 5.74) is 1.27. The first-order valence-electron chi connectivity index (χ1n) is 8.92. The summed E-state index contributed by atoms with van der Waals surface area (Å²) in [6.07, 6.45) is 3.95. The smallest absolute Gasteiger partial charge is 0.408 e. The van der Waals surface area contributed by atoms with E-state index in [0.717, 1.165) is 51.9 Å². The lowest BCUT2D eigenvalue weighted by molar-refractivity contribution is -0.136. The van der Waals surface area contributed by atoms with Gasteiger partial charge in [-0.3, -0.25) is 14.3 Å². The van der Waals surface area contributed by atoms with Crippen LogP contribution in [0.1, 0.15) is 25.7 Å². The zero-order valence-electron chi connectivity index (χ0n) is 14.1. The Morgan fingerprint density at radius 2 is 1.88 bits per heavy atom. The number of halogens is 1. The first-order chi connectivity index (χ1) is 12.1. The molecule has 0 aliphatic carbocycles. The van der Waals surface area contributed by atoms with Crippen LogP contribution in [0.15, 0.2) is 27.4 Å². The Morgan fingerprint density at radius 1 is 1.16 bits per heavy atom. The Balaban J connectivity index is 1.42. The maximum absolute atomic E-state index is 12.5. The molecule has 2 saturated heterocycles. The summed E-state index contributed by atoms with van der Waals surface area (Å²) in [6, 6.07) is 5.19. The molecule has 2 aliphatic rings. The number of fused-ring (bicyclic) bond motifs is 1. The van der Waals surface area contributed by atoms with Crippen LogP contribution in [0.3, 0.4) is 0 Å². The maximum Gasteiger partial charge on any atom is 0.421 e. The molecular weight excluding hydrogens is 342 g/mol. The molecule has 0 saturated carbocycles. The molecule has 1 amide bonds. The summed E-state index contributed by atoms with van der Waals surface area (Å²) in [5.74, 6) is 0.0732. The van der Waals surface area contributed by atoms with E-state index in [1.54, 1.807) is 22.8 Å². The van der Waals surface area contributed by atoms with E-state index in [1.165, 1.54) is 0 Å². The molecule has 134 valence electrons. The third kappa shape index (κ3) is 3.33. The van der Waals surface area contributed by atoms with Crippen LogP contribution in [0.5, 0.6) is 0 Å². The fourth-order valence-corrected chi connectivity index (χ4v) is 4.05. The lowest BCUT2D eigenvalue weighted by Crippen LogP contribution is -2.42. The fourth-order valence-electron chi connectivity index (χ4n) is 3.89. The molecule has 1 aromatic carbocycles. The van der Waals surface area contributed by atoms with Gasteiger partial charge in [-0.15, -0.1) is 0 Å². The molecular formula is C18H22ClN3O3. The predicted octanol–water partition coefficient (Wildman–Crippen LogP) is 2.54. The van der Waals surface area contributed by atoms with Gasteiger partial charge in [-0.1, -0.05) is 11.6 Å². The van der Waals surface area contributed by atoms with Gasteiger partial charge >= 0.3 is 5.76 Å². The highest BCUT2D eigenvalue weighted by atomic mass is 35.5. The highest BCUT2D eigenvalue weighted by molar-refractivity contribution is 6.31. The second kappa shape index (κ2) is 6.84. The molecule has 2 aliphatic heterocycles. The monoisotopic (exact) mass is 363 g/mol. The Labute approximate surface area is 150 Å². The molecule has 0 radical (unpaired) electrons. The third-order valence-corrected chi connectivity index (χ3v) is 5.56. The quantitative estimate of drug-likeness (QED) is 0.840. The number of amides is 1. The first-order valence-corrected chi connectivity index (χ1v) is 9.29. The van der Waals surface area contributed by atoms with Gasteiger partial charge < -0.3 is 9.32 Å². The van der Waals surface area contributed by atoms with Crippen LogP contribution in [0.4, 0.5) is 0 Å². The van der Waals surface area contributed by atoms with Gasteiger partial charge in [0, 0.05) is 37.1 Å². The Morgan fingerprint density at radius 3 is 2.60 bits per heavy atom. The normalized spacial score (nSPS) is 19.8. The number of aromatic nitrogens is 1. The van der Waals surface area contributed by atoms with E-state index in [0.29, 0.717) is 28.7 Å². The van der Waals surface area contributed by atoms with Gasteiger partial charge in [0.2, 0.25) is 5.91 Å². The summed E-state index contributed by atoms with van der Waals surface area (Å²) >= 11 is 6.05. The second-order valence-corrected chi connectivity index (χ2v) is 7.41. The molecule has 6 nitrogen and oxygen atoms in total. The number of benzene rings is 1. The van der Waals surface area contributed by atoms with Gasteiger partial charge in [-0.2, -0.15) is 0 Å². The highest BCUT2D eigenvalue weighted by Crippen LogP contribution is 2.23. The summed E-state index contributed by atoms with van der Waals surface area (Å²) in [7, 11) is 0. The Hall–Kier alpha value is -1.79. The van der Waals surface area contributed by atoms with Crippen LogP contribution in [0.25, 0.3) is 11.1 Å². The van der Waals surface area contributed by atoms with Crippen LogP contribution < -0.4 is 5.76 Å². The Kier molecular flexibility index (Phi) is 4.56. The van der Waals surface area contributed by atoms with E-state index in [-0.39, 0.29) is 11.7 Å². The van der Waals surface area contributed by atoms with Crippen molar-refractivity contribution >= 4 is 28.6 Å². The number of rotatable bonds is 3. The number of piperidine rings is 1. The van der Waals surface area contributed by atoms with Gasteiger partial charge in [0.05, 0.1) is 12.2 Å². The van der Waals surface area contributed by atoms with E-state index >= 15 is 0 Å². The third-order valence-electron chi connectivity index (χ3n) is 5.33. The number of likely N-dealkylation sites (tertiary alicyclic amines) is 2. The maximum atomic E-state index is 12.5. The SMILES string of the molecule is O=C(C1CCN(Cn2c(=O)oc3ccc(Cl)cc32)CC1)N1CCCC1. The molecule has 2 aromatic rings. The standard InChI is InChI=1S/C18H22ClN3O3/c19-14-3-4-16-15(11-14)22(18(24)25-16)12-20-9-5-13(6-10-20)17(23)21-7-1-2-8-21/h3-4,11,13H,1-2,5-10,12H2. The van der Waals surface area contributed by atoms with Crippen molar-refractivity contribution in [1.29, 1.82) is 0 Å². The van der Waals surface area contributed by atoms with E-state index in [2.05, 4.69) is 4.90 Å². The topological polar surface area (TPSA) is 58.7 Å². The molecule has 1 aromatic heterocycles. The van der Waals surface area contributed by atoms with Gasteiger partial charge in [-0.05, 0) is 43.9 Å². The van der Waals surface area contributed by atoms with Crippen LogP contribution >= 0.6 is 11.6 Å². The number of hydrogen-bond acceptors (Lipinski definition) is 4. The average molecular weight is 364 g/mol. The molecule has 0 unspecified atom stereocenters. The van der Waals surface area contributed by atoms with Crippen molar-refractivity contribution in [2.24, 2.45) is 5.92 Å².